The fourth-order valence-corrected chi connectivity index (χ4v) is 2.73. The molecule has 0 bridgehead atoms. The molecule has 1 fully saturated rings. The monoisotopic (exact) mass is 307 g/mol. The fourth-order valence-electron chi connectivity index (χ4n) is 2.73. The van der Waals surface area contributed by atoms with Gasteiger partial charge >= 0.3 is 0 Å². The molecule has 1 aromatic heterocycles. The van der Waals surface area contributed by atoms with Gasteiger partial charge in [0.2, 0.25) is 0 Å². The molecule has 0 radical (unpaired) electrons. The van der Waals surface area contributed by atoms with E-state index >= 15 is 0 Å². The lowest BCUT2D eigenvalue weighted by atomic mass is 9.92. The molecule has 116 valence electrons. The van der Waals surface area contributed by atoms with Crippen LogP contribution in [0.2, 0.25) is 0 Å². The van der Waals surface area contributed by atoms with E-state index in [1.165, 1.54) is 12.4 Å². The average molecular weight is 307 g/mol. The summed E-state index contributed by atoms with van der Waals surface area (Å²) >= 11 is 0. The van der Waals surface area contributed by atoms with Gasteiger partial charge in [0, 0.05) is 13.1 Å². The molecule has 0 spiro atoms. The highest BCUT2D eigenvalue weighted by Crippen LogP contribution is 2.28. The molecule has 0 unspecified atom stereocenters. The molecule has 6 heteroatoms. The second kappa shape index (κ2) is 5.94. The van der Waals surface area contributed by atoms with Crippen LogP contribution in [-0.2, 0) is 12.8 Å². The quantitative estimate of drug-likeness (QED) is 0.869. The van der Waals surface area contributed by atoms with Gasteiger partial charge in [-0.1, -0.05) is 13.0 Å². The van der Waals surface area contributed by atoms with Gasteiger partial charge in [-0.2, -0.15) is 0 Å². The number of hydrogen-bond acceptors (Lipinski definition) is 3. The minimum atomic E-state index is -0.839. The van der Waals surface area contributed by atoms with E-state index in [1.54, 1.807) is 6.07 Å². The molecule has 2 aromatic rings. The van der Waals surface area contributed by atoms with E-state index in [0.717, 1.165) is 11.6 Å². The molecule has 1 aliphatic heterocycles. The van der Waals surface area contributed by atoms with Crippen molar-refractivity contribution in [3.8, 4) is 0 Å². The van der Waals surface area contributed by atoms with E-state index in [-0.39, 0.29) is 11.7 Å². The number of rotatable bonds is 4. The summed E-state index contributed by atoms with van der Waals surface area (Å²) in [5, 5.41) is 0. The van der Waals surface area contributed by atoms with Gasteiger partial charge in [-0.25, -0.2) is 23.1 Å². The van der Waals surface area contributed by atoms with Crippen molar-refractivity contribution in [3.63, 3.8) is 0 Å². The highest BCUT2D eigenvalue weighted by molar-refractivity contribution is 5.44. The molecule has 3 rings (SSSR count). The lowest BCUT2D eigenvalue weighted by molar-refractivity contribution is 0.396. The molecule has 0 saturated carbocycles. The number of nitrogens with zero attached hydrogens (tertiary/aromatic N) is 3. The van der Waals surface area contributed by atoms with Gasteiger partial charge < -0.3 is 4.90 Å². The number of hydrogen-bond donors (Lipinski definition) is 0. The van der Waals surface area contributed by atoms with Gasteiger partial charge in [0.05, 0.1) is 5.69 Å². The maximum Gasteiger partial charge on any atom is 0.187 e. The van der Waals surface area contributed by atoms with Crippen LogP contribution in [0.1, 0.15) is 18.2 Å². The van der Waals surface area contributed by atoms with Gasteiger partial charge in [0.1, 0.15) is 6.33 Å². The third-order valence-electron chi connectivity index (χ3n) is 3.94. The van der Waals surface area contributed by atoms with Crippen molar-refractivity contribution in [1.82, 2.24) is 9.97 Å². The zero-order valence-electron chi connectivity index (χ0n) is 12.2. The van der Waals surface area contributed by atoms with Gasteiger partial charge in [-0.05, 0) is 36.5 Å². The van der Waals surface area contributed by atoms with Crippen molar-refractivity contribution < 1.29 is 13.2 Å². The Morgan fingerprint density at radius 3 is 2.59 bits per heavy atom. The zero-order chi connectivity index (χ0) is 15.7. The minimum Gasteiger partial charge on any atom is -0.353 e. The van der Waals surface area contributed by atoms with E-state index in [9.17, 15) is 13.2 Å². The Hall–Kier alpha value is -2.11. The second-order valence-electron chi connectivity index (χ2n) is 5.54. The van der Waals surface area contributed by atoms with E-state index < -0.39 is 11.6 Å². The smallest absolute Gasteiger partial charge is 0.187 e. The minimum absolute atomic E-state index is 0.282. The summed E-state index contributed by atoms with van der Waals surface area (Å²) in [5.41, 5.74) is 1.16. The first kappa shape index (κ1) is 14.8. The molecule has 1 saturated heterocycles. The first-order valence-corrected chi connectivity index (χ1v) is 7.26. The Morgan fingerprint density at radius 1 is 1.14 bits per heavy atom. The van der Waals surface area contributed by atoms with Crippen molar-refractivity contribution in [1.29, 1.82) is 0 Å². The van der Waals surface area contributed by atoms with Crippen LogP contribution in [0, 0.1) is 23.4 Å². The number of benzene rings is 1. The highest BCUT2D eigenvalue weighted by atomic mass is 19.2. The van der Waals surface area contributed by atoms with Crippen molar-refractivity contribution in [2.24, 2.45) is 5.92 Å². The topological polar surface area (TPSA) is 29.0 Å². The summed E-state index contributed by atoms with van der Waals surface area (Å²) in [6.07, 6.45) is 2.54. The fraction of sp³-hybridized carbons (Fsp3) is 0.375. The number of halogens is 3. The number of aromatic nitrogens is 2. The van der Waals surface area contributed by atoms with E-state index in [0.29, 0.717) is 37.4 Å². The van der Waals surface area contributed by atoms with Crippen LogP contribution in [0.4, 0.5) is 19.0 Å². The third kappa shape index (κ3) is 2.77. The second-order valence-corrected chi connectivity index (χ2v) is 5.54. The lowest BCUT2D eigenvalue weighted by Crippen LogP contribution is -2.48. The molecule has 0 atom stereocenters. The van der Waals surface area contributed by atoms with Crippen molar-refractivity contribution in [2.75, 3.05) is 18.0 Å². The Balaban J connectivity index is 1.63. The molecule has 0 amide bonds. The summed E-state index contributed by atoms with van der Waals surface area (Å²) in [5.74, 6) is -1.42. The molecular weight excluding hydrogens is 291 g/mol. The first-order chi connectivity index (χ1) is 10.6. The molecule has 1 aromatic carbocycles. The predicted octanol–water partition coefficient (Wildman–Crippen LogP) is 3.14. The SMILES string of the molecule is CCc1ncnc(N2CC(Cc3ccc(F)c(F)c3)C2)c1F. The standard InChI is InChI=1S/C16H16F3N3/c1-2-14-15(19)16(21-9-20-14)22-7-11(8-22)5-10-3-4-12(17)13(18)6-10/h3-4,6,9,11H,2,5,7-8H2,1H3. The maximum atomic E-state index is 14.1. The molecule has 3 nitrogen and oxygen atoms in total. The van der Waals surface area contributed by atoms with E-state index in [4.69, 9.17) is 0 Å². The Kier molecular flexibility index (Phi) is 4.00. The summed E-state index contributed by atoms with van der Waals surface area (Å²) in [6.45, 7) is 3.14. The molecule has 2 heterocycles. The largest absolute Gasteiger partial charge is 0.353 e. The molecule has 22 heavy (non-hydrogen) atoms. The third-order valence-corrected chi connectivity index (χ3v) is 3.94. The van der Waals surface area contributed by atoms with Crippen LogP contribution < -0.4 is 4.90 Å². The van der Waals surface area contributed by atoms with Crippen LogP contribution in [0.5, 0.6) is 0 Å². The first-order valence-electron chi connectivity index (χ1n) is 7.26. The van der Waals surface area contributed by atoms with Crippen LogP contribution >= 0.6 is 0 Å². The van der Waals surface area contributed by atoms with E-state index in [1.807, 2.05) is 11.8 Å². The summed E-state index contributed by atoms with van der Waals surface area (Å²) in [7, 11) is 0. The number of anilines is 1. The predicted molar refractivity (Wildman–Crippen MR) is 77.1 cm³/mol. The highest BCUT2D eigenvalue weighted by Gasteiger charge is 2.30. The van der Waals surface area contributed by atoms with Gasteiger partial charge in [0.15, 0.2) is 23.3 Å². The van der Waals surface area contributed by atoms with Gasteiger partial charge in [-0.3, -0.25) is 0 Å². The van der Waals surface area contributed by atoms with E-state index in [2.05, 4.69) is 9.97 Å². The van der Waals surface area contributed by atoms with Crippen LogP contribution in [0.3, 0.4) is 0 Å². The summed E-state index contributed by atoms with van der Waals surface area (Å²) < 4.78 is 40.2. The van der Waals surface area contributed by atoms with Crippen LogP contribution in [0.15, 0.2) is 24.5 Å². The van der Waals surface area contributed by atoms with Crippen molar-refractivity contribution in [2.45, 2.75) is 19.8 Å². The summed E-state index contributed by atoms with van der Waals surface area (Å²) in [6, 6.07) is 3.94. The summed E-state index contributed by atoms with van der Waals surface area (Å²) in [4.78, 5) is 9.77. The van der Waals surface area contributed by atoms with Crippen molar-refractivity contribution in [3.05, 3.63) is 53.2 Å². The normalized spacial score (nSPS) is 15.0. The lowest BCUT2D eigenvalue weighted by Gasteiger charge is -2.40. The maximum absolute atomic E-state index is 14.1. The number of aryl methyl sites for hydroxylation is 1. The molecule has 0 aliphatic carbocycles. The van der Waals surface area contributed by atoms with Crippen molar-refractivity contribution >= 4 is 5.82 Å². The van der Waals surface area contributed by atoms with Gasteiger partial charge in [-0.15, -0.1) is 0 Å². The Labute approximate surface area is 126 Å². The molecule has 0 N–H and O–H groups in total. The Morgan fingerprint density at radius 2 is 1.91 bits per heavy atom. The zero-order valence-corrected chi connectivity index (χ0v) is 12.2. The Bertz CT molecular complexity index is 684. The molecular formula is C16H16F3N3. The molecule has 1 aliphatic rings. The van der Waals surface area contributed by atoms with Gasteiger partial charge in [0.25, 0.3) is 0 Å². The average Bonchev–Trinajstić information content (AvgIpc) is 2.47. The van der Waals surface area contributed by atoms with Crippen LogP contribution in [-0.4, -0.2) is 23.1 Å². The van der Waals surface area contributed by atoms with Crippen LogP contribution in [0.25, 0.3) is 0 Å².